The molecule has 0 saturated carbocycles. The predicted molar refractivity (Wildman–Crippen MR) is 70.2 cm³/mol. The summed E-state index contributed by atoms with van der Waals surface area (Å²) in [7, 11) is 0. The molecule has 0 aliphatic carbocycles. The van der Waals surface area contributed by atoms with E-state index in [4.69, 9.17) is 9.52 Å². The van der Waals surface area contributed by atoms with E-state index in [-0.39, 0.29) is 11.8 Å². The lowest BCUT2D eigenvalue weighted by Crippen LogP contribution is -2.09. The van der Waals surface area contributed by atoms with Crippen LogP contribution in [0.15, 0.2) is 35.3 Å². The topological polar surface area (TPSA) is 84.8 Å². The first kappa shape index (κ1) is 14.8. The molecule has 0 radical (unpaired) electrons. The highest BCUT2D eigenvalue weighted by molar-refractivity contribution is 5.96. The smallest absolute Gasteiger partial charge is 0.420 e. The first-order valence-corrected chi connectivity index (χ1v) is 6.17. The zero-order chi connectivity index (χ0) is 16.8. The predicted octanol–water partition coefficient (Wildman–Crippen LogP) is 3.12. The molecule has 0 fully saturated rings. The number of carboxylic acids is 1. The van der Waals surface area contributed by atoms with Gasteiger partial charge in [-0.05, 0) is 12.1 Å². The molecule has 0 atom stereocenters. The van der Waals surface area contributed by atoms with Crippen LogP contribution in [0.25, 0.3) is 16.8 Å². The average Bonchev–Trinajstić information content (AvgIpc) is 3.12. The summed E-state index contributed by atoms with van der Waals surface area (Å²) >= 11 is 0. The zero-order valence-electron chi connectivity index (χ0n) is 11.2. The van der Waals surface area contributed by atoms with Crippen molar-refractivity contribution in [2.75, 3.05) is 0 Å². The van der Waals surface area contributed by atoms with E-state index in [2.05, 4.69) is 4.98 Å². The van der Waals surface area contributed by atoms with Gasteiger partial charge in [0, 0.05) is 17.3 Å². The molecule has 0 saturated heterocycles. The summed E-state index contributed by atoms with van der Waals surface area (Å²) in [6.45, 7) is 0. The van der Waals surface area contributed by atoms with Gasteiger partial charge in [-0.15, -0.1) is 0 Å². The SMILES string of the molecule is O=Cc1c(C(=O)O)nc2c(C(F)(F)F)cc(-c3ccoc3)cn12. The van der Waals surface area contributed by atoms with Crippen molar-refractivity contribution >= 4 is 17.9 Å². The Morgan fingerprint density at radius 1 is 1.35 bits per heavy atom. The number of carbonyl (C=O) groups is 2. The Hall–Kier alpha value is -3.10. The molecule has 9 heteroatoms. The van der Waals surface area contributed by atoms with Crippen molar-refractivity contribution in [2.24, 2.45) is 0 Å². The third kappa shape index (κ3) is 2.35. The van der Waals surface area contributed by atoms with Crippen LogP contribution in [0.1, 0.15) is 26.5 Å². The summed E-state index contributed by atoms with van der Waals surface area (Å²) in [6.07, 6.45) is -0.898. The normalized spacial score (nSPS) is 11.8. The number of nitrogens with zero attached hydrogens (tertiary/aromatic N) is 2. The number of alkyl halides is 3. The number of pyridine rings is 1. The molecule has 0 aliphatic rings. The van der Waals surface area contributed by atoms with Crippen LogP contribution in [-0.4, -0.2) is 26.7 Å². The molecule has 3 heterocycles. The molecular weight excluding hydrogens is 317 g/mol. The Balaban J connectivity index is 2.43. The highest BCUT2D eigenvalue weighted by Gasteiger charge is 2.36. The maximum absolute atomic E-state index is 13.3. The Labute approximate surface area is 125 Å². The Kier molecular flexibility index (Phi) is 3.20. The zero-order valence-corrected chi connectivity index (χ0v) is 11.2. The van der Waals surface area contributed by atoms with Gasteiger partial charge in [0.25, 0.3) is 0 Å². The number of furan rings is 1. The quantitative estimate of drug-likeness (QED) is 0.748. The molecule has 118 valence electrons. The van der Waals surface area contributed by atoms with Crippen LogP contribution in [0.2, 0.25) is 0 Å². The minimum atomic E-state index is -4.78. The van der Waals surface area contributed by atoms with E-state index >= 15 is 0 Å². The molecule has 0 bridgehead atoms. The van der Waals surface area contributed by atoms with Crippen LogP contribution in [-0.2, 0) is 6.18 Å². The van der Waals surface area contributed by atoms with Crippen molar-refractivity contribution in [3.05, 3.63) is 47.8 Å². The van der Waals surface area contributed by atoms with Crippen LogP contribution in [0, 0.1) is 0 Å². The van der Waals surface area contributed by atoms with Crippen molar-refractivity contribution in [1.29, 1.82) is 0 Å². The number of imidazole rings is 1. The minimum absolute atomic E-state index is 0.107. The van der Waals surface area contributed by atoms with Crippen molar-refractivity contribution in [3.63, 3.8) is 0 Å². The monoisotopic (exact) mass is 324 g/mol. The molecule has 0 aliphatic heterocycles. The fourth-order valence-corrected chi connectivity index (χ4v) is 2.23. The summed E-state index contributed by atoms with van der Waals surface area (Å²) in [4.78, 5) is 25.7. The third-order valence-corrected chi connectivity index (χ3v) is 3.23. The second-order valence-corrected chi connectivity index (χ2v) is 4.61. The molecule has 3 aromatic heterocycles. The molecule has 0 unspecified atom stereocenters. The van der Waals surface area contributed by atoms with Gasteiger partial charge in [0.15, 0.2) is 17.6 Å². The molecule has 23 heavy (non-hydrogen) atoms. The number of halogens is 3. The number of carbonyl (C=O) groups excluding carboxylic acids is 1. The number of hydrogen-bond donors (Lipinski definition) is 1. The van der Waals surface area contributed by atoms with Gasteiger partial charge in [0.05, 0.1) is 18.1 Å². The number of aromatic nitrogens is 2. The lowest BCUT2D eigenvalue weighted by Gasteiger charge is -2.10. The van der Waals surface area contributed by atoms with Gasteiger partial charge >= 0.3 is 12.1 Å². The fourth-order valence-electron chi connectivity index (χ4n) is 2.23. The summed E-state index contributed by atoms with van der Waals surface area (Å²) in [5.41, 5.74) is -2.55. The lowest BCUT2D eigenvalue weighted by molar-refractivity contribution is -0.136. The van der Waals surface area contributed by atoms with E-state index in [1.165, 1.54) is 24.8 Å². The van der Waals surface area contributed by atoms with Crippen LogP contribution in [0.4, 0.5) is 13.2 Å². The molecule has 6 nitrogen and oxygen atoms in total. The van der Waals surface area contributed by atoms with Crippen molar-refractivity contribution in [3.8, 4) is 11.1 Å². The Morgan fingerprint density at radius 2 is 2.09 bits per heavy atom. The van der Waals surface area contributed by atoms with Gasteiger partial charge in [-0.2, -0.15) is 13.2 Å². The van der Waals surface area contributed by atoms with Crippen LogP contribution < -0.4 is 0 Å². The van der Waals surface area contributed by atoms with E-state index in [0.717, 1.165) is 10.5 Å². The number of aromatic carboxylic acids is 1. The standard InChI is InChI=1S/C14H7F3N2O4/c15-14(16,17)9-3-8(7-1-2-23-6-7)4-19-10(5-20)11(13(21)22)18-12(9)19/h1-6H,(H,21,22). The molecule has 3 aromatic rings. The van der Waals surface area contributed by atoms with E-state index < -0.39 is 34.7 Å². The molecule has 1 N–H and O–H groups in total. The van der Waals surface area contributed by atoms with Crippen LogP contribution in [0.5, 0.6) is 0 Å². The number of rotatable bonds is 3. The number of carboxylic acid groups (broad SMARTS) is 1. The highest BCUT2D eigenvalue weighted by Crippen LogP contribution is 2.36. The number of fused-ring (bicyclic) bond motifs is 1. The summed E-state index contributed by atoms with van der Waals surface area (Å²) in [5.74, 6) is -1.59. The molecule has 3 rings (SSSR count). The second kappa shape index (κ2) is 4.97. The molecule has 0 amide bonds. The van der Waals surface area contributed by atoms with Gasteiger partial charge in [0.2, 0.25) is 0 Å². The van der Waals surface area contributed by atoms with E-state index in [0.29, 0.717) is 5.56 Å². The summed E-state index contributed by atoms with van der Waals surface area (Å²) in [5, 5.41) is 9.01. The minimum Gasteiger partial charge on any atom is -0.476 e. The lowest BCUT2D eigenvalue weighted by atomic mass is 10.1. The van der Waals surface area contributed by atoms with E-state index in [9.17, 15) is 22.8 Å². The summed E-state index contributed by atoms with van der Waals surface area (Å²) < 4.78 is 45.5. The van der Waals surface area contributed by atoms with Crippen molar-refractivity contribution < 1.29 is 32.3 Å². The van der Waals surface area contributed by atoms with Gasteiger partial charge in [-0.25, -0.2) is 9.78 Å². The fraction of sp³-hybridized carbons (Fsp3) is 0.0714. The summed E-state index contributed by atoms with van der Waals surface area (Å²) in [6, 6.07) is 2.27. The first-order chi connectivity index (χ1) is 10.8. The first-order valence-electron chi connectivity index (χ1n) is 6.17. The van der Waals surface area contributed by atoms with Crippen molar-refractivity contribution in [1.82, 2.24) is 9.38 Å². The average molecular weight is 324 g/mol. The van der Waals surface area contributed by atoms with Gasteiger partial charge in [-0.3, -0.25) is 9.20 Å². The molecule has 0 aromatic carbocycles. The number of aldehydes is 1. The highest BCUT2D eigenvalue weighted by atomic mass is 19.4. The van der Waals surface area contributed by atoms with Gasteiger partial charge in [0.1, 0.15) is 5.69 Å². The van der Waals surface area contributed by atoms with E-state index in [1.807, 2.05) is 0 Å². The van der Waals surface area contributed by atoms with Crippen molar-refractivity contribution in [2.45, 2.75) is 6.18 Å². The maximum atomic E-state index is 13.3. The van der Waals surface area contributed by atoms with Crippen LogP contribution in [0.3, 0.4) is 0 Å². The Bertz CT molecular complexity index is 910. The Morgan fingerprint density at radius 3 is 2.61 bits per heavy atom. The molecule has 0 spiro atoms. The van der Waals surface area contributed by atoms with Crippen LogP contribution >= 0.6 is 0 Å². The van der Waals surface area contributed by atoms with Gasteiger partial charge < -0.3 is 9.52 Å². The third-order valence-electron chi connectivity index (χ3n) is 3.23. The largest absolute Gasteiger partial charge is 0.476 e. The second-order valence-electron chi connectivity index (χ2n) is 4.61. The molecular formula is C14H7F3N2O4. The number of hydrogen-bond acceptors (Lipinski definition) is 4. The maximum Gasteiger partial charge on any atom is 0.420 e. The van der Waals surface area contributed by atoms with Gasteiger partial charge in [-0.1, -0.05) is 0 Å². The van der Waals surface area contributed by atoms with E-state index in [1.54, 1.807) is 0 Å².